The maximum absolute atomic E-state index is 10.2. The summed E-state index contributed by atoms with van der Waals surface area (Å²) in [6, 6.07) is 5.48. The number of nitrogens with zero attached hydrogens (tertiary/aromatic N) is 4. The number of likely N-dealkylation sites (tertiary alicyclic amines) is 1. The molecular formula is C19H30N4. The number of hydrogen-bond acceptors (Lipinski definition) is 4. The zero-order chi connectivity index (χ0) is 16.5. The lowest BCUT2D eigenvalue weighted by Gasteiger charge is -2.61. The summed E-state index contributed by atoms with van der Waals surface area (Å²) in [4.78, 5) is 4.58. The standard InChI is InChI=1S/C19H30N4/c1-22(2)11-12-23-18(14-20)9-5-3-7-16(18)13-17-8-4-6-10-19(17,23)15-21/h16-17H,3-13H2,1-2H3/t16-,17-,18-,19+/m1/s1. The molecule has 2 saturated carbocycles. The Labute approximate surface area is 141 Å². The van der Waals surface area contributed by atoms with Crippen LogP contribution in [-0.4, -0.2) is 48.1 Å². The van der Waals surface area contributed by atoms with Gasteiger partial charge in [-0.15, -0.1) is 0 Å². The number of piperidine rings is 1. The summed E-state index contributed by atoms with van der Waals surface area (Å²) in [7, 11) is 4.16. The minimum Gasteiger partial charge on any atom is -0.308 e. The highest BCUT2D eigenvalue weighted by Crippen LogP contribution is 2.55. The molecule has 0 aromatic rings. The van der Waals surface area contributed by atoms with Crippen molar-refractivity contribution in [1.29, 1.82) is 10.5 Å². The second-order valence-electron chi connectivity index (χ2n) is 8.15. The largest absolute Gasteiger partial charge is 0.308 e. The number of fused-ring (bicyclic) bond motifs is 2. The van der Waals surface area contributed by atoms with E-state index in [1.165, 1.54) is 25.7 Å². The fourth-order valence-corrected chi connectivity index (χ4v) is 5.61. The minimum atomic E-state index is -0.391. The maximum atomic E-state index is 10.2. The first-order valence-corrected chi connectivity index (χ1v) is 9.34. The molecule has 0 radical (unpaired) electrons. The number of nitriles is 2. The zero-order valence-electron chi connectivity index (χ0n) is 14.7. The quantitative estimate of drug-likeness (QED) is 0.803. The van der Waals surface area contributed by atoms with Crippen LogP contribution >= 0.6 is 0 Å². The van der Waals surface area contributed by atoms with E-state index in [9.17, 15) is 10.5 Å². The van der Waals surface area contributed by atoms with Gasteiger partial charge in [0.25, 0.3) is 0 Å². The summed E-state index contributed by atoms with van der Waals surface area (Å²) in [5.41, 5.74) is -0.782. The molecule has 126 valence electrons. The summed E-state index contributed by atoms with van der Waals surface area (Å²) >= 11 is 0. The van der Waals surface area contributed by atoms with Gasteiger partial charge in [0.05, 0.1) is 12.1 Å². The molecule has 0 aromatic carbocycles. The number of hydrogen-bond donors (Lipinski definition) is 0. The van der Waals surface area contributed by atoms with Crippen LogP contribution in [0.4, 0.5) is 0 Å². The molecule has 0 unspecified atom stereocenters. The monoisotopic (exact) mass is 314 g/mol. The fourth-order valence-electron chi connectivity index (χ4n) is 5.61. The van der Waals surface area contributed by atoms with E-state index in [2.05, 4.69) is 36.0 Å². The van der Waals surface area contributed by atoms with Gasteiger partial charge in [-0.2, -0.15) is 10.5 Å². The lowest BCUT2D eigenvalue weighted by atomic mass is 9.57. The lowest BCUT2D eigenvalue weighted by Crippen LogP contribution is -2.71. The molecular weight excluding hydrogens is 284 g/mol. The smallest absolute Gasteiger partial charge is 0.113 e. The molecule has 0 amide bonds. The van der Waals surface area contributed by atoms with Crippen molar-refractivity contribution >= 4 is 0 Å². The highest BCUT2D eigenvalue weighted by atomic mass is 15.3. The Morgan fingerprint density at radius 1 is 0.957 bits per heavy atom. The van der Waals surface area contributed by atoms with Gasteiger partial charge in [0, 0.05) is 13.1 Å². The van der Waals surface area contributed by atoms with E-state index in [1.54, 1.807) is 0 Å². The molecule has 23 heavy (non-hydrogen) atoms. The zero-order valence-corrected chi connectivity index (χ0v) is 14.7. The second kappa shape index (κ2) is 6.42. The summed E-state index contributed by atoms with van der Waals surface area (Å²) in [6.07, 6.45) is 10.1. The Balaban J connectivity index is 2.02. The Morgan fingerprint density at radius 2 is 1.48 bits per heavy atom. The molecule has 0 aromatic heterocycles. The Hall–Kier alpha value is -1.10. The highest BCUT2D eigenvalue weighted by Gasteiger charge is 2.61. The third-order valence-electron chi connectivity index (χ3n) is 6.76. The number of likely N-dealkylation sites (N-methyl/N-ethyl adjacent to an activating group) is 1. The average Bonchev–Trinajstić information content (AvgIpc) is 2.58. The molecule has 3 fully saturated rings. The van der Waals surface area contributed by atoms with Gasteiger partial charge in [0.1, 0.15) is 11.1 Å². The average molecular weight is 314 g/mol. The molecule has 1 saturated heterocycles. The Morgan fingerprint density at radius 3 is 1.91 bits per heavy atom. The van der Waals surface area contributed by atoms with Crippen molar-refractivity contribution in [2.24, 2.45) is 11.8 Å². The van der Waals surface area contributed by atoms with E-state index >= 15 is 0 Å². The summed E-state index contributed by atoms with van der Waals surface area (Å²) < 4.78 is 0. The minimum absolute atomic E-state index is 0.391. The SMILES string of the molecule is CN(C)CCN1[C@@]2(C#N)CCCC[C@@H]2C[C@H]2CCCC[C@]21C#N. The first kappa shape index (κ1) is 16.7. The van der Waals surface area contributed by atoms with Gasteiger partial charge in [0.2, 0.25) is 0 Å². The van der Waals surface area contributed by atoms with Gasteiger partial charge in [-0.25, -0.2) is 0 Å². The molecule has 1 heterocycles. The summed E-state index contributed by atoms with van der Waals surface area (Å²) in [5, 5.41) is 20.4. The van der Waals surface area contributed by atoms with Crippen LogP contribution < -0.4 is 0 Å². The van der Waals surface area contributed by atoms with E-state index in [0.29, 0.717) is 11.8 Å². The first-order valence-electron chi connectivity index (χ1n) is 9.34. The molecule has 4 heteroatoms. The van der Waals surface area contributed by atoms with Crippen molar-refractivity contribution in [2.75, 3.05) is 27.2 Å². The number of rotatable bonds is 3. The van der Waals surface area contributed by atoms with Crippen molar-refractivity contribution in [3.63, 3.8) is 0 Å². The molecule has 4 nitrogen and oxygen atoms in total. The topological polar surface area (TPSA) is 54.1 Å². The van der Waals surface area contributed by atoms with Gasteiger partial charge >= 0.3 is 0 Å². The van der Waals surface area contributed by atoms with Gasteiger partial charge < -0.3 is 4.90 Å². The maximum Gasteiger partial charge on any atom is 0.113 e. The van der Waals surface area contributed by atoms with Crippen LogP contribution in [0.3, 0.4) is 0 Å². The van der Waals surface area contributed by atoms with Crippen molar-refractivity contribution in [2.45, 2.75) is 68.9 Å². The highest BCUT2D eigenvalue weighted by molar-refractivity contribution is 5.27. The van der Waals surface area contributed by atoms with Crippen molar-refractivity contribution in [1.82, 2.24) is 9.80 Å². The van der Waals surface area contributed by atoms with Crippen LogP contribution in [0.15, 0.2) is 0 Å². The second-order valence-corrected chi connectivity index (χ2v) is 8.15. The van der Waals surface area contributed by atoms with Crippen LogP contribution in [0.1, 0.15) is 57.8 Å². The lowest BCUT2D eigenvalue weighted by molar-refractivity contribution is -0.112. The van der Waals surface area contributed by atoms with Crippen LogP contribution in [0.25, 0.3) is 0 Å². The fraction of sp³-hybridized carbons (Fsp3) is 0.895. The normalized spacial score (nSPS) is 40.7. The summed E-state index contributed by atoms with van der Waals surface area (Å²) in [5.74, 6) is 0.931. The third-order valence-corrected chi connectivity index (χ3v) is 6.76. The molecule has 2 aliphatic carbocycles. The van der Waals surface area contributed by atoms with E-state index in [4.69, 9.17) is 0 Å². The van der Waals surface area contributed by atoms with Crippen LogP contribution in [-0.2, 0) is 0 Å². The predicted molar refractivity (Wildman–Crippen MR) is 90.5 cm³/mol. The first-order chi connectivity index (χ1) is 11.1. The van der Waals surface area contributed by atoms with Crippen molar-refractivity contribution in [3.8, 4) is 12.1 Å². The van der Waals surface area contributed by atoms with Crippen LogP contribution in [0.2, 0.25) is 0 Å². The molecule has 0 bridgehead atoms. The van der Waals surface area contributed by atoms with Gasteiger partial charge in [0.15, 0.2) is 0 Å². The molecule has 3 rings (SSSR count). The van der Waals surface area contributed by atoms with Crippen molar-refractivity contribution < 1.29 is 0 Å². The van der Waals surface area contributed by atoms with Crippen molar-refractivity contribution in [3.05, 3.63) is 0 Å². The molecule has 1 aliphatic heterocycles. The van der Waals surface area contributed by atoms with Gasteiger partial charge in [-0.3, -0.25) is 4.90 Å². The molecule has 0 spiro atoms. The van der Waals surface area contributed by atoms with E-state index < -0.39 is 11.1 Å². The van der Waals surface area contributed by atoms with Crippen LogP contribution in [0.5, 0.6) is 0 Å². The third kappa shape index (κ3) is 2.57. The molecule has 3 aliphatic rings. The van der Waals surface area contributed by atoms with Gasteiger partial charge in [-0.1, -0.05) is 25.7 Å². The van der Waals surface area contributed by atoms with E-state index in [0.717, 1.165) is 45.2 Å². The Bertz CT molecular complexity index is 476. The summed E-state index contributed by atoms with van der Waals surface area (Å²) in [6.45, 7) is 1.77. The van der Waals surface area contributed by atoms with E-state index in [1.807, 2.05) is 0 Å². The molecule has 0 N–H and O–H groups in total. The van der Waals surface area contributed by atoms with Gasteiger partial charge in [-0.05, 0) is 58.0 Å². The molecule has 4 atom stereocenters. The predicted octanol–water partition coefficient (Wildman–Crippen LogP) is 3.16. The Kier molecular flexibility index (Phi) is 4.68. The van der Waals surface area contributed by atoms with E-state index in [-0.39, 0.29) is 0 Å². The van der Waals surface area contributed by atoms with Crippen LogP contribution in [0, 0.1) is 34.5 Å².